The average Bonchev–Trinajstić information content (AvgIpc) is 3.26. The Hall–Kier alpha value is -3.13. The van der Waals surface area contributed by atoms with Crippen LogP contribution in [0.4, 0.5) is 5.95 Å². The Morgan fingerprint density at radius 3 is 2.88 bits per heavy atom. The van der Waals surface area contributed by atoms with Crippen molar-refractivity contribution in [2.45, 2.75) is 45.8 Å². The second-order valence-corrected chi connectivity index (χ2v) is 9.06. The molecule has 170 valence electrons. The van der Waals surface area contributed by atoms with Gasteiger partial charge in [-0.1, -0.05) is 24.3 Å². The number of anilines is 1. The molecule has 2 heterocycles. The molecule has 0 radical (unpaired) electrons. The molecule has 0 amide bonds. The number of ether oxygens (including phenoxy) is 2. The van der Waals surface area contributed by atoms with Gasteiger partial charge in [0.25, 0.3) is 0 Å². The number of nitrogens with one attached hydrogen (secondary N) is 1. The highest BCUT2D eigenvalue weighted by Gasteiger charge is 2.36. The molecule has 1 unspecified atom stereocenters. The maximum Gasteiger partial charge on any atom is 0.226 e. The quantitative estimate of drug-likeness (QED) is 0.483. The van der Waals surface area contributed by atoms with Gasteiger partial charge in [-0.2, -0.15) is 10.1 Å². The zero-order valence-electron chi connectivity index (χ0n) is 18.6. The number of carbonyl (C=O) groups is 1. The van der Waals surface area contributed by atoms with Crippen molar-refractivity contribution in [2.75, 3.05) is 11.9 Å². The topological polar surface area (TPSA) is 78.3 Å². The Kier molecular flexibility index (Phi) is 5.93. The highest BCUT2D eigenvalue weighted by atomic mass is 79.9. The SMILES string of the molecule is CCOc1cc(C2C3=C(CCCC3=O)Nc3ncnn32)cc(Br)c1OCc1ccccc1C. The molecule has 1 N–H and O–H groups in total. The Labute approximate surface area is 200 Å². The van der Waals surface area contributed by atoms with Crippen molar-refractivity contribution in [1.29, 1.82) is 0 Å². The number of hydrogen-bond acceptors (Lipinski definition) is 6. The van der Waals surface area contributed by atoms with E-state index in [0.29, 0.717) is 37.1 Å². The van der Waals surface area contributed by atoms with Gasteiger partial charge in [0.2, 0.25) is 5.95 Å². The van der Waals surface area contributed by atoms with Crippen LogP contribution in [0.1, 0.15) is 48.9 Å². The molecule has 1 aromatic heterocycles. The fourth-order valence-corrected chi connectivity index (χ4v) is 5.05. The first-order chi connectivity index (χ1) is 16.1. The van der Waals surface area contributed by atoms with E-state index in [2.05, 4.69) is 50.4 Å². The van der Waals surface area contributed by atoms with Crippen LogP contribution in [0.25, 0.3) is 0 Å². The maximum atomic E-state index is 13.0. The summed E-state index contributed by atoms with van der Waals surface area (Å²) in [5.41, 5.74) is 4.87. The van der Waals surface area contributed by atoms with E-state index in [0.717, 1.165) is 39.7 Å². The maximum absolute atomic E-state index is 13.0. The number of fused-ring (bicyclic) bond motifs is 1. The molecule has 33 heavy (non-hydrogen) atoms. The van der Waals surface area contributed by atoms with Gasteiger partial charge in [0.1, 0.15) is 19.0 Å². The number of hydrogen-bond donors (Lipinski definition) is 1. The van der Waals surface area contributed by atoms with E-state index in [1.165, 1.54) is 11.9 Å². The molecule has 1 aliphatic carbocycles. The van der Waals surface area contributed by atoms with E-state index in [1.807, 2.05) is 31.2 Å². The zero-order chi connectivity index (χ0) is 22.9. The molecule has 0 spiro atoms. The Morgan fingerprint density at radius 1 is 1.21 bits per heavy atom. The van der Waals surface area contributed by atoms with E-state index in [-0.39, 0.29) is 11.8 Å². The molecule has 5 rings (SSSR count). The monoisotopic (exact) mass is 508 g/mol. The van der Waals surface area contributed by atoms with Gasteiger partial charge in [-0.25, -0.2) is 4.68 Å². The summed E-state index contributed by atoms with van der Waals surface area (Å²) in [7, 11) is 0. The van der Waals surface area contributed by atoms with Crippen LogP contribution in [0.5, 0.6) is 11.5 Å². The normalized spacial score (nSPS) is 17.3. The van der Waals surface area contributed by atoms with Crippen LogP contribution in [0, 0.1) is 6.92 Å². The fourth-order valence-electron chi connectivity index (χ4n) is 4.48. The molecule has 0 fully saturated rings. The minimum atomic E-state index is -0.368. The Morgan fingerprint density at radius 2 is 2.06 bits per heavy atom. The van der Waals surface area contributed by atoms with Crippen LogP contribution >= 0.6 is 15.9 Å². The van der Waals surface area contributed by atoms with Gasteiger partial charge in [0.05, 0.1) is 11.1 Å². The number of carbonyl (C=O) groups excluding carboxylic acids is 1. The molecule has 1 aliphatic heterocycles. The summed E-state index contributed by atoms with van der Waals surface area (Å²) < 4.78 is 14.7. The predicted octanol–water partition coefficient (Wildman–Crippen LogP) is 5.35. The number of rotatable bonds is 6. The first-order valence-corrected chi connectivity index (χ1v) is 11.9. The lowest BCUT2D eigenvalue weighted by atomic mass is 9.85. The molecule has 2 aromatic carbocycles. The van der Waals surface area contributed by atoms with Gasteiger partial charge in [0, 0.05) is 17.7 Å². The predicted molar refractivity (Wildman–Crippen MR) is 128 cm³/mol. The van der Waals surface area contributed by atoms with Crippen molar-refractivity contribution in [3.05, 3.63) is 75.2 Å². The minimum absolute atomic E-state index is 0.142. The van der Waals surface area contributed by atoms with Crippen LogP contribution in [-0.2, 0) is 11.4 Å². The number of ketones is 1. The standard InChI is InChI=1S/C25H25BrN4O3/c1-3-32-21-12-17(11-18(26)24(21)33-13-16-8-5-4-7-15(16)2)23-22-19(9-6-10-20(22)31)29-25-27-14-28-30(23)25/h4-5,7-8,11-12,14,23H,3,6,9-10,13H2,1-2H3,(H,27,28,29). The minimum Gasteiger partial charge on any atom is -0.490 e. The highest BCUT2D eigenvalue weighted by Crippen LogP contribution is 2.44. The van der Waals surface area contributed by atoms with Crippen molar-refractivity contribution < 1.29 is 14.3 Å². The average molecular weight is 509 g/mol. The van der Waals surface area contributed by atoms with E-state index in [4.69, 9.17) is 9.47 Å². The third-order valence-corrected chi connectivity index (χ3v) is 6.68. The number of aromatic nitrogens is 3. The van der Waals surface area contributed by atoms with Gasteiger partial charge in [-0.05, 0) is 71.4 Å². The second-order valence-electron chi connectivity index (χ2n) is 8.20. The number of aryl methyl sites for hydroxylation is 1. The fraction of sp³-hybridized carbons (Fsp3) is 0.320. The third-order valence-electron chi connectivity index (χ3n) is 6.09. The van der Waals surface area contributed by atoms with Gasteiger partial charge >= 0.3 is 0 Å². The van der Waals surface area contributed by atoms with E-state index >= 15 is 0 Å². The molecular weight excluding hydrogens is 484 g/mol. The summed E-state index contributed by atoms with van der Waals surface area (Å²) >= 11 is 3.69. The van der Waals surface area contributed by atoms with Gasteiger partial charge in [-0.15, -0.1) is 0 Å². The van der Waals surface area contributed by atoms with Crippen molar-refractivity contribution in [3.8, 4) is 11.5 Å². The third kappa shape index (κ3) is 4.04. The lowest BCUT2D eigenvalue weighted by molar-refractivity contribution is -0.116. The van der Waals surface area contributed by atoms with Crippen LogP contribution in [0.2, 0.25) is 0 Å². The number of allylic oxidation sites excluding steroid dienone is 2. The van der Waals surface area contributed by atoms with Crippen LogP contribution in [0.3, 0.4) is 0 Å². The second kappa shape index (κ2) is 9.02. The lowest BCUT2D eigenvalue weighted by Gasteiger charge is -2.32. The summed E-state index contributed by atoms with van der Waals surface area (Å²) in [6.45, 7) is 4.93. The highest BCUT2D eigenvalue weighted by molar-refractivity contribution is 9.10. The van der Waals surface area contributed by atoms with Crippen LogP contribution < -0.4 is 14.8 Å². The summed E-state index contributed by atoms with van der Waals surface area (Å²) in [6.07, 6.45) is 3.71. The van der Waals surface area contributed by atoms with Gasteiger partial charge < -0.3 is 14.8 Å². The molecule has 2 aliphatic rings. The Bertz CT molecular complexity index is 1250. The first-order valence-electron chi connectivity index (χ1n) is 11.1. The summed E-state index contributed by atoms with van der Waals surface area (Å²) in [4.78, 5) is 17.3. The summed E-state index contributed by atoms with van der Waals surface area (Å²) in [5, 5.41) is 7.72. The number of nitrogens with zero attached hydrogens (tertiary/aromatic N) is 3. The molecule has 8 heteroatoms. The van der Waals surface area contributed by atoms with Crippen LogP contribution in [-0.4, -0.2) is 27.2 Å². The van der Waals surface area contributed by atoms with E-state index < -0.39 is 0 Å². The smallest absolute Gasteiger partial charge is 0.226 e. The molecular formula is C25H25BrN4O3. The Balaban J connectivity index is 1.56. The van der Waals surface area contributed by atoms with E-state index in [9.17, 15) is 4.79 Å². The number of Topliss-reactive ketones (excluding diaryl/α,β-unsaturated/α-hetero) is 1. The molecule has 0 saturated carbocycles. The van der Waals surface area contributed by atoms with Crippen molar-refractivity contribution in [3.63, 3.8) is 0 Å². The molecule has 7 nitrogen and oxygen atoms in total. The number of benzene rings is 2. The molecule has 0 saturated heterocycles. The van der Waals surface area contributed by atoms with Crippen molar-refractivity contribution >= 4 is 27.7 Å². The zero-order valence-corrected chi connectivity index (χ0v) is 20.2. The largest absolute Gasteiger partial charge is 0.490 e. The van der Waals surface area contributed by atoms with Gasteiger partial charge in [0.15, 0.2) is 17.3 Å². The number of halogens is 1. The summed E-state index contributed by atoms with van der Waals surface area (Å²) in [5.74, 6) is 2.05. The molecule has 0 bridgehead atoms. The summed E-state index contributed by atoms with van der Waals surface area (Å²) in [6, 6.07) is 11.7. The van der Waals surface area contributed by atoms with Crippen molar-refractivity contribution in [1.82, 2.24) is 14.8 Å². The van der Waals surface area contributed by atoms with Gasteiger partial charge in [-0.3, -0.25) is 4.79 Å². The van der Waals surface area contributed by atoms with E-state index in [1.54, 1.807) is 4.68 Å². The molecule has 3 aromatic rings. The first kappa shape index (κ1) is 21.7. The lowest BCUT2D eigenvalue weighted by Crippen LogP contribution is -2.31. The molecule has 1 atom stereocenters. The van der Waals surface area contributed by atoms with Crippen molar-refractivity contribution in [2.24, 2.45) is 0 Å². The van der Waals surface area contributed by atoms with Crippen LogP contribution in [0.15, 0.2) is 58.5 Å².